The van der Waals surface area contributed by atoms with Crippen LogP contribution in [0.3, 0.4) is 0 Å². The topological polar surface area (TPSA) is 243 Å². The number of H-pyrrole nitrogens is 1. The highest BCUT2D eigenvalue weighted by atomic mass is 16.4. The van der Waals surface area contributed by atoms with Crippen molar-refractivity contribution in [3.05, 3.63) is 48.0 Å². The molecule has 0 fully saturated rings. The number of aromatic hydroxyl groups is 1. The molecule has 0 saturated carbocycles. The van der Waals surface area contributed by atoms with Gasteiger partial charge >= 0.3 is 5.97 Å². The Bertz CT molecular complexity index is 1150. The maximum atomic E-state index is 13.3. The molecule has 1 heterocycles. The number of imidazole rings is 1. The minimum absolute atomic E-state index is 0.000829. The number of benzene rings is 1. The Balaban J connectivity index is 2.16. The van der Waals surface area contributed by atoms with Gasteiger partial charge < -0.3 is 42.6 Å². The van der Waals surface area contributed by atoms with Gasteiger partial charge in [-0.1, -0.05) is 32.4 Å². The first-order valence-electron chi connectivity index (χ1n) is 12.8. The summed E-state index contributed by atoms with van der Waals surface area (Å²) in [6, 6.07) is 1.07. The summed E-state index contributed by atoms with van der Waals surface area (Å²) in [7, 11) is 0. The first kappa shape index (κ1) is 31.8. The zero-order valence-corrected chi connectivity index (χ0v) is 22.4. The zero-order chi connectivity index (χ0) is 29.8. The standard InChI is InChI=1S/C26H37N7O7/c1-3-14(2)22(33-23(36)18(27)11-16-12-29-13-30-16)25(38)31-19(8-9-21(28)35)24(37)32-20(26(39)40)10-15-4-6-17(34)7-5-15/h4-7,12-14,18-20,22,34H,3,8-11,27H2,1-2H3,(H2,28,35)(H,29,30)(H,31,38)(H,32,37)(H,33,36)(H,39,40). The van der Waals surface area contributed by atoms with Crippen LogP contribution in [0.15, 0.2) is 36.8 Å². The lowest BCUT2D eigenvalue weighted by Gasteiger charge is -2.28. The largest absolute Gasteiger partial charge is 0.508 e. The molecule has 40 heavy (non-hydrogen) atoms. The molecule has 4 amide bonds. The molecule has 14 heteroatoms. The van der Waals surface area contributed by atoms with E-state index in [1.54, 1.807) is 6.92 Å². The summed E-state index contributed by atoms with van der Waals surface area (Å²) in [5, 5.41) is 26.7. The van der Waals surface area contributed by atoms with Gasteiger partial charge in [0.15, 0.2) is 0 Å². The number of aromatic nitrogens is 2. The molecule has 0 aliphatic heterocycles. The second-order valence-corrected chi connectivity index (χ2v) is 9.60. The number of aromatic amines is 1. The van der Waals surface area contributed by atoms with Gasteiger partial charge in [0.25, 0.3) is 0 Å². The third kappa shape index (κ3) is 10.0. The monoisotopic (exact) mass is 559 g/mol. The van der Waals surface area contributed by atoms with Crippen molar-refractivity contribution in [3.63, 3.8) is 0 Å². The molecule has 0 spiro atoms. The number of hydrogen-bond acceptors (Lipinski definition) is 8. The molecule has 1 aromatic carbocycles. The molecule has 5 atom stereocenters. The third-order valence-corrected chi connectivity index (χ3v) is 6.43. The van der Waals surface area contributed by atoms with Crippen LogP contribution in [0.5, 0.6) is 5.75 Å². The van der Waals surface area contributed by atoms with E-state index >= 15 is 0 Å². The highest BCUT2D eigenvalue weighted by Gasteiger charge is 2.32. The van der Waals surface area contributed by atoms with E-state index < -0.39 is 53.8 Å². The number of amides is 4. The summed E-state index contributed by atoms with van der Waals surface area (Å²) in [4.78, 5) is 69.2. The maximum Gasteiger partial charge on any atom is 0.326 e. The van der Waals surface area contributed by atoms with Crippen LogP contribution < -0.4 is 27.4 Å². The Hall–Kier alpha value is -4.46. The Labute approximate surface area is 231 Å². The Morgan fingerprint density at radius 3 is 2.17 bits per heavy atom. The van der Waals surface area contributed by atoms with Crippen molar-refractivity contribution in [3.8, 4) is 5.75 Å². The highest BCUT2D eigenvalue weighted by molar-refractivity contribution is 5.94. The molecule has 2 aromatic rings. The van der Waals surface area contributed by atoms with Crippen LogP contribution in [-0.4, -0.2) is 73.9 Å². The number of primary amides is 1. The molecule has 0 saturated heterocycles. The minimum Gasteiger partial charge on any atom is -0.508 e. The predicted molar refractivity (Wildman–Crippen MR) is 143 cm³/mol. The Morgan fingerprint density at radius 1 is 0.975 bits per heavy atom. The average molecular weight is 560 g/mol. The van der Waals surface area contributed by atoms with Gasteiger partial charge in [-0.2, -0.15) is 0 Å². The Morgan fingerprint density at radius 2 is 1.62 bits per heavy atom. The number of hydrogen-bond donors (Lipinski definition) is 8. The molecule has 0 aliphatic carbocycles. The van der Waals surface area contributed by atoms with Crippen LogP contribution in [0.25, 0.3) is 0 Å². The number of carbonyl (C=O) groups is 5. The summed E-state index contributed by atoms with van der Waals surface area (Å²) in [5.41, 5.74) is 12.4. The number of nitrogens with two attached hydrogens (primary N) is 2. The van der Waals surface area contributed by atoms with Crippen molar-refractivity contribution in [1.82, 2.24) is 25.9 Å². The van der Waals surface area contributed by atoms with Gasteiger partial charge in [0.05, 0.1) is 12.4 Å². The van der Waals surface area contributed by atoms with Gasteiger partial charge in [0.2, 0.25) is 23.6 Å². The fourth-order valence-electron chi connectivity index (χ4n) is 3.85. The highest BCUT2D eigenvalue weighted by Crippen LogP contribution is 2.13. The molecule has 2 rings (SSSR count). The van der Waals surface area contributed by atoms with Crippen molar-refractivity contribution < 1.29 is 34.2 Å². The summed E-state index contributed by atoms with van der Waals surface area (Å²) >= 11 is 0. The van der Waals surface area contributed by atoms with Crippen LogP contribution in [0.2, 0.25) is 0 Å². The van der Waals surface area contributed by atoms with Gasteiger partial charge in [0.1, 0.15) is 23.9 Å². The van der Waals surface area contributed by atoms with E-state index in [0.29, 0.717) is 17.7 Å². The lowest BCUT2D eigenvalue weighted by atomic mass is 9.96. The second kappa shape index (κ2) is 15.2. The van der Waals surface area contributed by atoms with E-state index in [1.165, 1.54) is 36.8 Å². The van der Waals surface area contributed by atoms with Crippen LogP contribution in [0.4, 0.5) is 0 Å². The molecule has 14 nitrogen and oxygen atoms in total. The van der Waals surface area contributed by atoms with E-state index in [-0.39, 0.29) is 37.4 Å². The molecule has 10 N–H and O–H groups in total. The maximum absolute atomic E-state index is 13.3. The van der Waals surface area contributed by atoms with Gasteiger partial charge in [-0.15, -0.1) is 0 Å². The van der Waals surface area contributed by atoms with Gasteiger partial charge in [-0.25, -0.2) is 9.78 Å². The average Bonchev–Trinajstić information content (AvgIpc) is 3.42. The number of rotatable bonds is 16. The van der Waals surface area contributed by atoms with Crippen molar-refractivity contribution in [2.45, 2.75) is 70.1 Å². The van der Waals surface area contributed by atoms with Crippen molar-refractivity contribution >= 4 is 29.6 Å². The number of aliphatic carboxylic acids is 1. The summed E-state index contributed by atoms with van der Waals surface area (Å²) in [5.74, 6) is -4.53. The molecule has 1 aromatic heterocycles. The van der Waals surface area contributed by atoms with Crippen molar-refractivity contribution in [2.24, 2.45) is 17.4 Å². The molecular formula is C26H37N7O7. The lowest BCUT2D eigenvalue weighted by Crippen LogP contribution is -2.59. The fraction of sp³-hybridized carbons (Fsp3) is 0.462. The molecule has 218 valence electrons. The van der Waals surface area contributed by atoms with Gasteiger partial charge in [-0.05, 0) is 30.0 Å². The number of carbonyl (C=O) groups excluding carboxylic acids is 4. The smallest absolute Gasteiger partial charge is 0.326 e. The first-order valence-corrected chi connectivity index (χ1v) is 12.8. The van der Waals surface area contributed by atoms with Gasteiger partial charge in [0, 0.05) is 31.2 Å². The number of carboxylic acids is 1. The third-order valence-electron chi connectivity index (χ3n) is 6.43. The summed E-state index contributed by atoms with van der Waals surface area (Å²) in [6.07, 6.45) is 3.08. The predicted octanol–water partition coefficient (Wildman–Crippen LogP) is -0.922. The number of nitrogens with zero attached hydrogens (tertiary/aromatic N) is 1. The van der Waals surface area contributed by atoms with Crippen LogP contribution in [0.1, 0.15) is 44.4 Å². The van der Waals surface area contributed by atoms with Crippen LogP contribution in [-0.2, 0) is 36.8 Å². The summed E-state index contributed by atoms with van der Waals surface area (Å²) < 4.78 is 0. The number of nitrogens with one attached hydrogen (secondary N) is 4. The van der Waals surface area contributed by atoms with E-state index in [1.807, 2.05) is 6.92 Å². The molecule has 0 aliphatic rings. The Kier molecular flexibility index (Phi) is 12.1. The zero-order valence-electron chi connectivity index (χ0n) is 22.4. The van der Waals surface area contributed by atoms with Crippen LogP contribution in [0, 0.1) is 5.92 Å². The molecule has 5 unspecified atom stereocenters. The first-order chi connectivity index (χ1) is 18.9. The molecule has 0 bridgehead atoms. The van der Waals surface area contributed by atoms with E-state index in [0.717, 1.165) is 0 Å². The van der Waals surface area contributed by atoms with E-state index in [2.05, 4.69) is 25.9 Å². The van der Waals surface area contributed by atoms with Crippen LogP contribution >= 0.6 is 0 Å². The van der Waals surface area contributed by atoms with Crippen molar-refractivity contribution in [1.29, 1.82) is 0 Å². The number of carboxylic acid groups (broad SMARTS) is 1. The summed E-state index contributed by atoms with van der Waals surface area (Å²) in [6.45, 7) is 3.56. The van der Waals surface area contributed by atoms with Gasteiger partial charge in [-0.3, -0.25) is 19.2 Å². The molecular weight excluding hydrogens is 522 g/mol. The van der Waals surface area contributed by atoms with E-state index in [9.17, 15) is 34.2 Å². The van der Waals surface area contributed by atoms with Crippen molar-refractivity contribution in [2.75, 3.05) is 0 Å². The number of phenolic OH excluding ortho intramolecular Hbond substituents is 1. The second-order valence-electron chi connectivity index (χ2n) is 9.60. The SMILES string of the molecule is CCC(C)C(NC(=O)C(N)Cc1cnc[nH]1)C(=O)NC(CCC(N)=O)C(=O)NC(Cc1ccc(O)cc1)C(=O)O. The number of phenols is 1. The minimum atomic E-state index is -1.37. The normalized spacial score (nSPS) is 14.7. The molecule has 0 radical (unpaired) electrons. The lowest BCUT2D eigenvalue weighted by molar-refractivity contribution is -0.142. The fourth-order valence-corrected chi connectivity index (χ4v) is 3.85. The van der Waals surface area contributed by atoms with E-state index in [4.69, 9.17) is 11.5 Å². The quantitative estimate of drug-likeness (QED) is 0.127.